The van der Waals surface area contributed by atoms with Crippen LogP contribution in [0.5, 0.6) is 0 Å². The first-order valence-corrected chi connectivity index (χ1v) is 7.49. The number of hydrogen-bond acceptors (Lipinski definition) is 5. The summed E-state index contributed by atoms with van der Waals surface area (Å²) >= 11 is 0. The van der Waals surface area contributed by atoms with E-state index in [1.54, 1.807) is 0 Å². The minimum atomic E-state index is 0.537. The fraction of sp³-hybridized carbons (Fsp3) is 0.857. The first kappa shape index (κ1) is 16.0. The largest absolute Gasteiger partial charge is 0.407 e. The molecule has 5 heteroatoms. The molecule has 1 heterocycles. The standard InChI is InChI=1S/C14H28N4O/c1-4-15-11-13-17-18-14(19-13)16-10-8-6-5-7-9-12(2)3/h12,15H,4-11H2,1-3H3,(H,16,18). The Hall–Kier alpha value is -1.10. The number of aromatic nitrogens is 2. The van der Waals surface area contributed by atoms with Crippen LogP contribution in [-0.4, -0.2) is 23.3 Å². The smallest absolute Gasteiger partial charge is 0.315 e. The van der Waals surface area contributed by atoms with E-state index in [1.165, 1.54) is 25.7 Å². The SMILES string of the molecule is CCNCc1nnc(NCCCCCCC(C)C)o1. The molecule has 0 aliphatic carbocycles. The topological polar surface area (TPSA) is 63.0 Å². The van der Waals surface area contributed by atoms with Crippen molar-refractivity contribution in [3.8, 4) is 0 Å². The molecule has 0 aliphatic heterocycles. The molecule has 2 N–H and O–H groups in total. The van der Waals surface area contributed by atoms with E-state index in [4.69, 9.17) is 4.42 Å². The Morgan fingerprint density at radius 2 is 1.89 bits per heavy atom. The molecule has 0 amide bonds. The summed E-state index contributed by atoms with van der Waals surface area (Å²) < 4.78 is 5.45. The van der Waals surface area contributed by atoms with E-state index in [2.05, 4.69) is 41.6 Å². The minimum Gasteiger partial charge on any atom is -0.407 e. The predicted octanol–water partition coefficient (Wildman–Crippen LogP) is 3.20. The molecule has 0 aliphatic rings. The van der Waals surface area contributed by atoms with Crippen LogP contribution >= 0.6 is 0 Å². The first-order valence-electron chi connectivity index (χ1n) is 7.49. The zero-order valence-corrected chi connectivity index (χ0v) is 12.5. The summed E-state index contributed by atoms with van der Waals surface area (Å²) in [5.41, 5.74) is 0. The molecular formula is C14H28N4O. The van der Waals surface area contributed by atoms with E-state index in [0.29, 0.717) is 18.5 Å². The molecule has 1 aromatic rings. The molecule has 0 spiro atoms. The van der Waals surface area contributed by atoms with Gasteiger partial charge in [-0.25, -0.2) is 0 Å². The van der Waals surface area contributed by atoms with Crippen LogP contribution in [0.15, 0.2) is 4.42 Å². The summed E-state index contributed by atoms with van der Waals surface area (Å²) in [6, 6.07) is 0.537. The summed E-state index contributed by atoms with van der Waals surface area (Å²) in [6.07, 6.45) is 6.41. The maximum absolute atomic E-state index is 5.45. The Balaban J connectivity index is 2.01. The lowest BCUT2D eigenvalue weighted by Gasteiger charge is -2.04. The van der Waals surface area contributed by atoms with Crippen molar-refractivity contribution in [2.24, 2.45) is 5.92 Å². The Morgan fingerprint density at radius 1 is 1.11 bits per heavy atom. The highest BCUT2D eigenvalue weighted by Gasteiger charge is 2.03. The summed E-state index contributed by atoms with van der Waals surface area (Å²) in [4.78, 5) is 0. The monoisotopic (exact) mass is 268 g/mol. The average molecular weight is 268 g/mol. The van der Waals surface area contributed by atoms with Crippen LogP contribution < -0.4 is 10.6 Å². The molecule has 0 unspecified atom stereocenters. The van der Waals surface area contributed by atoms with Crippen molar-refractivity contribution >= 4 is 6.01 Å². The molecule has 0 aromatic carbocycles. The lowest BCUT2D eigenvalue weighted by atomic mass is 10.0. The van der Waals surface area contributed by atoms with Crippen molar-refractivity contribution < 1.29 is 4.42 Å². The van der Waals surface area contributed by atoms with E-state index in [-0.39, 0.29) is 0 Å². The molecule has 5 nitrogen and oxygen atoms in total. The molecule has 0 fully saturated rings. The molecule has 110 valence electrons. The van der Waals surface area contributed by atoms with Gasteiger partial charge in [-0.3, -0.25) is 0 Å². The average Bonchev–Trinajstić information content (AvgIpc) is 2.83. The van der Waals surface area contributed by atoms with Gasteiger partial charge in [0.2, 0.25) is 5.89 Å². The van der Waals surface area contributed by atoms with Crippen molar-refractivity contribution in [3.63, 3.8) is 0 Å². The van der Waals surface area contributed by atoms with Gasteiger partial charge in [0.15, 0.2) is 0 Å². The molecule has 0 radical (unpaired) electrons. The molecular weight excluding hydrogens is 240 g/mol. The van der Waals surface area contributed by atoms with Crippen LogP contribution in [0.4, 0.5) is 6.01 Å². The fourth-order valence-electron chi connectivity index (χ4n) is 1.85. The van der Waals surface area contributed by atoms with E-state index in [9.17, 15) is 0 Å². The van der Waals surface area contributed by atoms with Crippen molar-refractivity contribution in [2.45, 2.75) is 59.4 Å². The number of nitrogens with one attached hydrogen (secondary N) is 2. The third-order valence-electron chi connectivity index (χ3n) is 2.98. The van der Waals surface area contributed by atoms with Crippen molar-refractivity contribution in [1.82, 2.24) is 15.5 Å². The van der Waals surface area contributed by atoms with Crippen LogP contribution in [0.3, 0.4) is 0 Å². The van der Waals surface area contributed by atoms with Gasteiger partial charge in [-0.1, -0.05) is 51.6 Å². The molecule has 0 saturated carbocycles. The van der Waals surface area contributed by atoms with Gasteiger partial charge < -0.3 is 15.1 Å². The third-order valence-corrected chi connectivity index (χ3v) is 2.98. The van der Waals surface area contributed by atoms with Crippen LogP contribution in [0, 0.1) is 5.92 Å². The number of unbranched alkanes of at least 4 members (excludes halogenated alkanes) is 3. The lowest BCUT2D eigenvalue weighted by molar-refractivity contribution is 0.479. The van der Waals surface area contributed by atoms with Crippen molar-refractivity contribution in [3.05, 3.63) is 5.89 Å². The summed E-state index contributed by atoms with van der Waals surface area (Å²) in [5, 5.41) is 14.2. The molecule has 0 atom stereocenters. The van der Waals surface area contributed by atoms with Crippen LogP contribution in [0.25, 0.3) is 0 Å². The zero-order valence-electron chi connectivity index (χ0n) is 12.5. The number of nitrogens with zero attached hydrogens (tertiary/aromatic N) is 2. The van der Waals surface area contributed by atoms with Crippen molar-refractivity contribution in [2.75, 3.05) is 18.4 Å². The Bertz CT molecular complexity index is 325. The van der Waals surface area contributed by atoms with Gasteiger partial charge in [0.25, 0.3) is 0 Å². The number of anilines is 1. The van der Waals surface area contributed by atoms with Gasteiger partial charge in [0, 0.05) is 6.54 Å². The second-order valence-corrected chi connectivity index (χ2v) is 5.30. The highest BCUT2D eigenvalue weighted by atomic mass is 16.4. The van der Waals surface area contributed by atoms with E-state index in [0.717, 1.165) is 25.4 Å². The van der Waals surface area contributed by atoms with Gasteiger partial charge in [0.05, 0.1) is 6.54 Å². The molecule has 19 heavy (non-hydrogen) atoms. The lowest BCUT2D eigenvalue weighted by Crippen LogP contribution is -2.11. The van der Waals surface area contributed by atoms with E-state index in [1.807, 2.05) is 0 Å². The van der Waals surface area contributed by atoms with E-state index >= 15 is 0 Å². The van der Waals surface area contributed by atoms with Gasteiger partial charge in [-0.05, 0) is 18.9 Å². The quantitative estimate of drug-likeness (QED) is 0.603. The second kappa shape index (κ2) is 9.78. The summed E-state index contributed by atoms with van der Waals surface area (Å²) in [5.74, 6) is 1.47. The number of rotatable bonds is 11. The first-order chi connectivity index (χ1) is 9.22. The molecule has 1 aromatic heterocycles. The Kier molecular flexibility index (Phi) is 8.21. The van der Waals surface area contributed by atoms with Gasteiger partial charge >= 0.3 is 6.01 Å². The number of hydrogen-bond donors (Lipinski definition) is 2. The maximum Gasteiger partial charge on any atom is 0.315 e. The highest BCUT2D eigenvalue weighted by Crippen LogP contribution is 2.10. The van der Waals surface area contributed by atoms with Gasteiger partial charge in [-0.15, -0.1) is 5.10 Å². The summed E-state index contributed by atoms with van der Waals surface area (Å²) in [6.45, 7) is 9.06. The molecule has 1 rings (SSSR count). The fourth-order valence-corrected chi connectivity index (χ4v) is 1.85. The minimum absolute atomic E-state index is 0.537. The normalized spacial score (nSPS) is 11.2. The Labute approximate surface area is 116 Å². The van der Waals surface area contributed by atoms with Crippen LogP contribution in [-0.2, 0) is 6.54 Å². The van der Waals surface area contributed by atoms with Crippen LogP contribution in [0.1, 0.15) is 58.8 Å². The van der Waals surface area contributed by atoms with Crippen LogP contribution in [0.2, 0.25) is 0 Å². The van der Waals surface area contributed by atoms with Gasteiger partial charge in [-0.2, -0.15) is 0 Å². The van der Waals surface area contributed by atoms with E-state index < -0.39 is 0 Å². The second-order valence-electron chi connectivity index (χ2n) is 5.30. The maximum atomic E-state index is 5.45. The summed E-state index contributed by atoms with van der Waals surface area (Å²) in [7, 11) is 0. The van der Waals surface area contributed by atoms with Gasteiger partial charge in [0.1, 0.15) is 0 Å². The third kappa shape index (κ3) is 7.82. The molecule has 0 saturated heterocycles. The molecule has 0 bridgehead atoms. The zero-order chi connectivity index (χ0) is 13.9. The highest BCUT2D eigenvalue weighted by molar-refractivity contribution is 5.16. The Morgan fingerprint density at radius 3 is 2.63 bits per heavy atom. The van der Waals surface area contributed by atoms with Crippen molar-refractivity contribution in [1.29, 1.82) is 0 Å². The predicted molar refractivity (Wildman–Crippen MR) is 78.1 cm³/mol.